The van der Waals surface area contributed by atoms with Gasteiger partial charge in [0.05, 0.1) is 5.56 Å². The summed E-state index contributed by atoms with van der Waals surface area (Å²) in [6.07, 6.45) is 3.11. The highest BCUT2D eigenvalue weighted by atomic mass is 127. The van der Waals surface area contributed by atoms with Crippen LogP contribution in [-0.2, 0) is 10.0 Å². The van der Waals surface area contributed by atoms with E-state index in [0.29, 0.717) is 18.0 Å². The van der Waals surface area contributed by atoms with E-state index in [0.717, 1.165) is 27.1 Å². The summed E-state index contributed by atoms with van der Waals surface area (Å²) in [4.78, 5) is 12.3. The summed E-state index contributed by atoms with van der Waals surface area (Å²) >= 11 is 2.05. The fourth-order valence-electron chi connectivity index (χ4n) is 2.18. The number of carbonyl (C=O) groups is 1. The molecule has 1 amide bonds. The maximum absolute atomic E-state index is 12.3. The molecule has 4 nitrogen and oxygen atoms in total. The van der Waals surface area contributed by atoms with Gasteiger partial charge in [-0.3, -0.25) is 4.79 Å². The molecule has 1 heterocycles. The molecule has 96 valence electrons. The normalized spacial score (nSPS) is 21.2. The lowest BCUT2D eigenvalue weighted by atomic mass is 10.2. The van der Waals surface area contributed by atoms with Crippen molar-refractivity contribution in [2.45, 2.75) is 24.2 Å². The zero-order valence-corrected chi connectivity index (χ0v) is 12.6. The molecule has 0 saturated heterocycles. The third kappa shape index (κ3) is 1.95. The molecule has 0 bridgehead atoms. The van der Waals surface area contributed by atoms with Crippen LogP contribution in [0.15, 0.2) is 23.1 Å². The maximum Gasteiger partial charge on any atom is 0.269 e. The molecule has 1 aromatic carbocycles. The van der Waals surface area contributed by atoms with Gasteiger partial charge in [-0.05, 0) is 53.1 Å². The van der Waals surface area contributed by atoms with Crippen LogP contribution >= 0.6 is 22.6 Å². The van der Waals surface area contributed by atoms with Gasteiger partial charge in [0.2, 0.25) is 0 Å². The van der Waals surface area contributed by atoms with Crippen molar-refractivity contribution in [1.82, 2.24) is 4.31 Å². The van der Waals surface area contributed by atoms with Gasteiger partial charge in [0.1, 0.15) is 4.90 Å². The molecular weight excluding hydrogens is 365 g/mol. The lowest BCUT2D eigenvalue weighted by Gasteiger charge is -2.14. The predicted octanol–water partition coefficient (Wildman–Crippen LogP) is 2.24. The van der Waals surface area contributed by atoms with E-state index < -0.39 is 10.0 Å². The van der Waals surface area contributed by atoms with Crippen LogP contribution in [0, 0.1) is 9.49 Å². The summed E-state index contributed by atoms with van der Waals surface area (Å²) in [6.45, 7) is 0.317. The average Bonchev–Trinajstić information content (AvgIpc) is 3.09. The van der Waals surface area contributed by atoms with Gasteiger partial charge in [-0.15, -0.1) is 0 Å². The first-order valence-corrected chi connectivity index (χ1v) is 8.38. The van der Waals surface area contributed by atoms with E-state index in [9.17, 15) is 13.2 Å². The average molecular weight is 377 g/mol. The van der Waals surface area contributed by atoms with Crippen LogP contribution in [-0.4, -0.2) is 25.2 Å². The highest BCUT2D eigenvalue weighted by Crippen LogP contribution is 2.36. The molecule has 0 spiro atoms. The summed E-state index contributed by atoms with van der Waals surface area (Å²) in [5.41, 5.74) is 0.311. The van der Waals surface area contributed by atoms with Crippen molar-refractivity contribution < 1.29 is 13.2 Å². The van der Waals surface area contributed by atoms with E-state index in [2.05, 4.69) is 22.6 Å². The second kappa shape index (κ2) is 4.19. The fraction of sp³-hybridized carbons (Fsp3) is 0.417. The Balaban J connectivity index is 1.97. The molecule has 2 aliphatic rings. The van der Waals surface area contributed by atoms with Crippen LogP contribution in [0.1, 0.15) is 29.6 Å². The van der Waals surface area contributed by atoms with Crippen molar-refractivity contribution in [2.24, 2.45) is 5.92 Å². The Labute approximate surface area is 120 Å². The Kier molecular flexibility index (Phi) is 2.89. The number of sulfonamides is 1. The molecule has 6 heteroatoms. The molecule has 0 aromatic heterocycles. The summed E-state index contributed by atoms with van der Waals surface area (Å²) in [6, 6.07) is 4.94. The Hall–Kier alpha value is -0.630. The van der Waals surface area contributed by atoms with Gasteiger partial charge in [-0.2, -0.15) is 0 Å². The number of benzene rings is 1. The van der Waals surface area contributed by atoms with E-state index in [1.165, 1.54) is 0 Å². The smallest absolute Gasteiger partial charge is 0.268 e. The van der Waals surface area contributed by atoms with Gasteiger partial charge in [0, 0.05) is 10.1 Å². The number of amides is 1. The van der Waals surface area contributed by atoms with Crippen molar-refractivity contribution in [1.29, 1.82) is 0 Å². The number of hydrogen-bond acceptors (Lipinski definition) is 3. The van der Waals surface area contributed by atoms with E-state index in [4.69, 9.17) is 0 Å². The molecule has 3 rings (SSSR count). The van der Waals surface area contributed by atoms with Crippen LogP contribution in [0.2, 0.25) is 0 Å². The largest absolute Gasteiger partial charge is 0.269 e. The Morgan fingerprint density at radius 2 is 2.06 bits per heavy atom. The third-order valence-electron chi connectivity index (χ3n) is 3.41. The van der Waals surface area contributed by atoms with Crippen LogP contribution < -0.4 is 0 Å². The van der Waals surface area contributed by atoms with E-state index >= 15 is 0 Å². The third-order valence-corrected chi connectivity index (χ3v) is 5.90. The molecule has 1 fully saturated rings. The topological polar surface area (TPSA) is 54.5 Å². The molecule has 18 heavy (non-hydrogen) atoms. The molecule has 1 aromatic rings. The van der Waals surface area contributed by atoms with E-state index in [1.807, 2.05) is 0 Å². The van der Waals surface area contributed by atoms with Crippen LogP contribution in [0.5, 0.6) is 0 Å². The Morgan fingerprint density at radius 3 is 2.72 bits per heavy atom. The van der Waals surface area contributed by atoms with Crippen LogP contribution in [0.4, 0.5) is 0 Å². The van der Waals surface area contributed by atoms with E-state index in [1.54, 1.807) is 18.2 Å². The lowest BCUT2D eigenvalue weighted by Crippen LogP contribution is -2.31. The molecule has 1 aliphatic heterocycles. The zero-order chi connectivity index (χ0) is 12.9. The summed E-state index contributed by atoms with van der Waals surface area (Å²) in [5.74, 6) is 0.235. The van der Waals surface area contributed by atoms with Crippen molar-refractivity contribution in [2.75, 3.05) is 6.54 Å². The van der Waals surface area contributed by atoms with Crippen LogP contribution in [0.3, 0.4) is 0 Å². The summed E-state index contributed by atoms with van der Waals surface area (Å²) in [7, 11) is -3.61. The van der Waals surface area contributed by atoms with Crippen LogP contribution in [0.25, 0.3) is 0 Å². The first kappa shape index (κ1) is 12.4. The number of carbonyl (C=O) groups excluding carboxylic acids is 1. The minimum atomic E-state index is -3.61. The first-order chi connectivity index (χ1) is 8.50. The van der Waals surface area contributed by atoms with Gasteiger partial charge in [0.15, 0.2) is 0 Å². The predicted molar refractivity (Wildman–Crippen MR) is 74.7 cm³/mol. The Bertz CT molecular complexity index is 622. The van der Waals surface area contributed by atoms with Crippen molar-refractivity contribution >= 4 is 38.5 Å². The first-order valence-electron chi connectivity index (χ1n) is 5.87. The molecule has 1 aliphatic carbocycles. The lowest BCUT2D eigenvalue weighted by molar-refractivity contribution is 0.0869. The molecule has 0 radical (unpaired) electrons. The number of halogens is 1. The summed E-state index contributed by atoms with van der Waals surface area (Å²) < 4.78 is 26.4. The fourth-order valence-corrected chi connectivity index (χ4v) is 4.49. The van der Waals surface area contributed by atoms with Gasteiger partial charge in [-0.1, -0.05) is 12.8 Å². The summed E-state index contributed by atoms with van der Waals surface area (Å²) in [5, 5.41) is 0. The highest BCUT2D eigenvalue weighted by molar-refractivity contribution is 14.1. The second-order valence-electron chi connectivity index (χ2n) is 4.75. The van der Waals surface area contributed by atoms with Gasteiger partial charge < -0.3 is 0 Å². The molecule has 1 saturated carbocycles. The number of hydrogen-bond donors (Lipinski definition) is 0. The standard InChI is InChI=1S/C12H12INO3S/c13-9-3-4-10-11(7-9)18(16,17)14(12(10)15)6-5-8-1-2-8/h3-4,7-8H,1-2,5-6H2. The molecule has 0 N–H and O–H groups in total. The SMILES string of the molecule is O=C1c2ccc(I)cc2S(=O)(=O)N1CCC1CC1. The van der Waals surface area contributed by atoms with Crippen molar-refractivity contribution in [3.63, 3.8) is 0 Å². The molecule has 0 unspecified atom stereocenters. The monoisotopic (exact) mass is 377 g/mol. The number of nitrogens with zero attached hydrogens (tertiary/aromatic N) is 1. The van der Waals surface area contributed by atoms with E-state index in [-0.39, 0.29) is 10.8 Å². The Morgan fingerprint density at radius 1 is 1.33 bits per heavy atom. The van der Waals surface area contributed by atoms with Gasteiger partial charge >= 0.3 is 0 Å². The maximum atomic E-state index is 12.3. The van der Waals surface area contributed by atoms with Crippen molar-refractivity contribution in [3.8, 4) is 0 Å². The second-order valence-corrected chi connectivity index (χ2v) is 7.83. The highest BCUT2D eigenvalue weighted by Gasteiger charge is 2.41. The minimum absolute atomic E-state index is 0.162. The van der Waals surface area contributed by atoms with Gasteiger partial charge in [-0.25, -0.2) is 12.7 Å². The minimum Gasteiger partial charge on any atom is -0.268 e. The number of fused-ring (bicyclic) bond motifs is 1. The quantitative estimate of drug-likeness (QED) is 0.760. The van der Waals surface area contributed by atoms with Gasteiger partial charge in [0.25, 0.3) is 15.9 Å². The van der Waals surface area contributed by atoms with Crippen molar-refractivity contribution in [3.05, 3.63) is 27.3 Å². The number of rotatable bonds is 3. The molecular formula is C12H12INO3S. The zero-order valence-electron chi connectivity index (χ0n) is 9.60. The molecule has 0 atom stereocenters.